The molecule has 2 heterocycles. The molecule has 0 bridgehead atoms. The van der Waals surface area contributed by atoms with Gasteiger partial charge in [0.1, 0.15) is 0 Å². The maximum absolute atomic E-state index is 12.0. The fourth-order valence-electron chi connectivity index (χ4n) is 2.78. The summed E-state index contributed by atoms with van der Waals surface area (Å²) < 4.78 is 2.84. The van der Waals surface area contributed by atoms with Crippen LogP contribution in [0, 0.1) is 5.92 Å². The highest BCUT2D eigenvalue weighted by molar-refractivity contribution is 9.10. The molecule has 3 rings (SSSR count). The summed E-state index contributed by atoms with van der Waals surface area (Å²) >= 11 is 3.53. The lowest BCUT2D eigenvalue weighted by atomic mass is 10.1. The van der Waals surface area contributed by atoms with Crippen LogP contribution in [0.1, 0.15) is 6.42 Å². The number of rotatable bonds is 2. The number of benzene rings is 1. The van der Waals surface area contributed by atoms with Gasteiger partial charge in [-0.2, -0.15) is 0 Å². The number of fused-ring (bicyclic) bond motifs is 1. The molecule has 1 atom stereocenters. The van der Waals surface area contributed by atoms with Gasteiger partial charge in [0.15, 0.2) is 0 Å². The molecule has 1 saturated heterocycles. The van der Waals surface area contributed by atoms with Gasteiger partial charge >= 0.3 is 5.69 Å². The smallest absolute Gasteiger partial charge is 0.306 e. The zero-order valence-corrected chi connectivity index (χ0v) is 11.9. The van der Waals surface area contributed by atoms with Gasteiger partial charge in [0.2, 0.25) is 0 Å². The van der Waals surface area contributed by atoms with Gasteiger partial charge in [-0.1, -0.05) is 6.07 Å². The van der Waals surface area contributed by atoms with Crippen molar-refractivity contribution in [3.8, 4) is 0 Å². The summed E-state index contributed by atoms with van der Waals surface area (Å²) in [5, 5.41) is 0. The Hall–Kier alpha value is -1.07. The third kappa shape index (κ3) is 2.01. The number of H-pyrrole nitrogens is 1. The predicted molar refractivity (Wildman–Crippen MR) is 75.9 cm³/mol. The Morgan fingerprint density at radius 3 is 3.06 bits per heavy atom. The fourth-order valence-corrected chi connectivity index (χ4v) is 3.36. The van der Waals surface area contributed by atoms with Crippen LogP contribution < -0.4 is 5.69 Å². The molecular weight excluding hydrogens is 294 g/mol. The van der Waals surface area contributed by atoms with Gasteiger partial charge in [-0.25, -0.2) is 4.79 Å². The van der Waals surface area contributed by atoms with Crippen LogP contribution in [-0.2, 0) is 6.54 Å². The molecule has 96 valence electrons. The maximum atomic E-state index is 12.0. The van der Waals surface area contributed by atoms with Crippen LogP contribution in [0.2, 0.25) is 0 Å². The number of para-hydroxylation sites is 1. The van der Waals surface area contributed by atoms with Gasteiger partial charge in [-0.05, 0) is 54.0 Å². The first kappa shape index (κ1) is 12.0. The van der Waals surface area contributed by atoms with Gasteiger partial charge in [0.25, 0.3) is 0 Å². The van der Waals surface area contributed by atoms with Gasteiger partial charge in [0, 0.05) is 17.6 Å². The minimum atomic E-state index is -0.00791. The van der Waals surface area contributed by atoms with Crippen LogP contribution in [0.5, 0.6) is 0 Å². The largest absolute Gasteiger partial charge is 0.326 e. The van der Waals surface area contributed by atoms with Crippen LogP contribution in [0.4, 0.5) is 0 Å². The second-order valence-electron chi connectivity index (χ2n) is 5.09. The Morgan fingerprint density at radius 1 is 1.50 bits per heavy atom. The molecule has 1 N–H and O–H groups in total. The number of halogens is 1. The van der Waals surface area contributed by atoms with Gasteiger partial charge in [-0.3, -0.25) is 4.57 Å². The Labute approximate surface area is 114 Å². The summed E-state index contributed by atoms with van der Waals surface area (Å²) in [6.45, 7) is 3.00. The summed E-state index contributed by atoms with van der Waals surface area (Å²) in [5.41, 5.74) is 1.88. The second kappa shape index (κ2) is 4.55. The highest BCUT2D eigenvalue weighted by atomic mass is 79.9. The summed E-state index contributed by atoms with van der Waals surface area (Å²) in [4.78, 5) is 17.3. The van der Waals surface area contributed by atoms with E-state index in [1.807, 2.05) is 22.8 Å². The quantitative estimate of drug-likeness (QED) is 0.922. The summed E-state index contributed by atoms with van der Waals surface area (Å²) in [7, 11) is 2.13. The van der Waals surface area contributed by atoms with E-state index in [0.717, 1.165) is 35.1 Å². The van der Waals surface area contributed by atoms with Crippen LogP contribution in [-0.4, -0.2) is 34.6 Å². The number of hydrogen-bond acceptors (Lipinski definition) is 2. The third-order valence-electron chi connectivity index (χ3n) is 3.67. The Morgan fingerprint density at radius 2 is 2.33 bits per heavy atom. The Balaban J connectivity index is 2.01. The molecule has 0 amide bonds. The van der Waals surface area contributed by atoms with Crippen molar-refractivity contribution in [3.63, 3.8) is 0 Å². The molecule has 1 aliphatic rings. The van der Waals surface area contributed by atoms with Crippen molar-refractivity contribution >= 4 is 27.0 Å². The van der Waals surface area contributed by atoms with Crippen molar-refractivity contribution < 1.29 is 0 Å². The highest BCUT2D eigenvalue weighted by Gasteiger charge is 2.21. The molecule has 1 fully saturated rings. The summed E-state index contributed by atoms with van der Waals surface area (Å²) in [6, 6.07) is 5.86. The van der Waals surface area contributed by atoms with Gasteiger partial charge in [-0.15, -0.1) is 0 Å². The minimum Gasteiger partial charge on any atom is -0.306 e. The van der Waals surface area contributed by atoms with E-state index in [1.54, 1.807) is 0 Å². The predicted octanol–water partition coefficient (Wildman–Crippen LogP) is 2.04. The third-order valence-corrected chi connectivity index (χ3v) is 4.31. The van der Waals surface area contributed by atoms with Crippen LogP contribution in [0.3, 0.4) is 0 Å². The normalized spacial score (nSPS) is 20.9. The Bertz CT molecular complexity index is 631. The van der Waals surface area contributed by atoms with E-state index in [0.29, 0.717) is 5.92 Å². The standard InChI is InChI=1S/C13H16BrN3O/c1-16-6-5-9(7-16)8-17-12-10(14)3-2-4-11(12)15-13(17)18/h2-4,9H,5-8H2,1H3,(H,15,18). The molecule has 4 nitrogen and oxygen atoms in total. The van der Waals surface area contributed by atoms with Crippen LogP contribution >= 0.6 is 15.9 Å². The number of nitrogens with zero attached hydrogens (tertiary/aromatic N) is 2. The fraction of sp³-hybridized carbons (Fsp3) is 0.462. The molecule has 2 aromatic rings. The number of aromatic nitrogens is 2. The molecule has 18 heavy (non-hydrogen) atoms. The first-order valence-corrected chi connectivity index (χ1v) is 7.00. The van der Waals surface area contributed by atoms with E-state index >= 15 is 0 Å². The lowest BCUT2D eigenvalue weighted by molar-refractivity contribution is 0.378. The van der Waals surface area contributed by atoms with E-state index in [-0.39, 0.29) is 5.69 Å². The van der Waals surface area contributed by atoms with E-state index in [9.17, 15) is 4.79 Å². The molecule has 0 aliphatic carbocycles. The Kier molecular flexibility index (Phi) is 3.03. The molecule has 1 aromatic carbocycles. The molecule has 1 aromatic heterocycles. The van der Waals surface area contributed by atoms with E-state index in [4.69, 9.17) is 0 Å². The molecule has 0 radical (unpaired) electrons. The summed E-state index contributed by atoms with van der Waals surface area (Å²) in [6.07, 6.45) is 1.17. The number of imidazole rings is 1. The zero-order chi connectivity index (χ0) is 12.7. The van der Waals surface area contributed by atoms with Crippen molar-refractivity contribution in [2.24, 2.45) is 5.92 Å². The molecular formula is C13H16BrN3O. The number of hydrogen-bond donors (Lipinski definition) is 1. The zero-order valence-electron chi connectivity index (χ0n) is 10.3. The average Bonchev–Trinajstić information content (AvgIpc) is 2.85. The lowest BCUT2D eigenvalue weighted by Crippen LogP contribution is -2.23. The minimum absolute atomic E-state index is 0.00791. The molecule has 1 aliphatic heterocycles. The number of likely N-dealkylation sites (tertiary alicyclic amines) is 1. The maximum Gasteiger partial charge on any atom is 0.326 e. The van der Waals surface area contributed by atoms with Crippen molar-refractivity contribution in [3.05, 3.63) is 33.2 Å². The molecule has 0 saturated carbocycles. The van der Waals surface area contributed by atoms with E-state index in [1.165, 1.54) is 6.42 Å². The number of aromatic amines is 1. The van der Waals surface area contributed by atoms with Gasteiger partial charge < -0.3 is 9.88 Å². The average molecular weight is 310 g/mol. The van der Waals surface area contributed by atoms with Crippen molar-refractivity contribution in [1.29, 1.82) is 0 Å². The molecule has 0 spiro atoms. The highest BCUT2D eigenvalue weighted by Crippen LogP contribution is 2.24. The van der Waals surface area contributed by atoms with Crippen molar-refractivity contribution in [2.45, 2.75) is 13.0 Å². The first-order chi connectivity index (χ1) is 8.65. The molecule has 1 unspecified atom stereocenters. The first-order valence-electron chi connectivity index (χ1n) is 6.20. The summed E-state index contributed by atoms with van der Waals surface area (Å²) in [5.74, 6) is 0.568. The monoisotopic (exact) mass is 309 g/mol. The van der Waals surface area contributed by atoms with Crippen LogP contribution in [0.15, 0.2) is 27.5 Å². The van der Waals surface area contributed by atoms with Crippen molar-refractivity contribution in [1.82, 2.24) is 14.5 Å². The van der Waals surface area contributed by atoms with Crippen molar-refractivity contribution in [2.75, 3.05) is 20.1 Å². The lowest BCUT2D eigenvalue weighted by Gasteiger charge is -2.11. The topological polar surface area (TPSA) is 41.0 Å². The van der Waals surface area contributed by atoms with E-state index < -0.39 is 0 Å². The second-order valence-corrected chi connectivity index (χ2v) is 5.95. The molecule has 5 heteroatoms. The SMILES string of the molecule is CN1CCC(Cn2c(=O)[nH]c3cccc(Br)c32)C1. The van der Waals surface area contributed by atoms with Crippen LogP contribution in [0.25, 0.3) is 11.0 Å². The van der Waals surface area contributed by atoms with E-state index in [2.05, 4.69) is 32.9 Å². The number of nitrogens with one attached hydrogen (secondary N) is 1. The van der Waals surface area contributed by atoms with Gasteiger partial charge in [0.05, 0.1) is 11.0 Å².